The van der Waals surface area contributed by atoms with Crippen LogP contribution in [0, 0.1) is 50.1 Å². The van der Waals surface area contributed by atoms with E-state index in [0.717, 1.165) is 53.0 Å². The highest BCUT2D eigenvalue weighted by molar-refractivity contribution is 7.58. The lowest BCUT2D eigenvalue weighted by molar-refractivity contribution is -0.758. The molecule has 3 aromatic rings. The van der Waals surface area contributed by atoms with Crippen molar-refractivity contribution in [2.24, 2.45) is 11.3 Å². The summed E-state index contributed by atoms with van der Waals surface area (Å²) in [6.45, 7) is 6.95. The van der Waals surface area contributed by atoms with E-state index in [-0.39, 0.29) is 83.5 Å². The number of methoxy groups -OCH3 is 1. The number of carbonyl (C=O) groups excluding carboxylic acids is 3. The molecule has 5 unspecified atom stereocenters. The normalized spacial score (nSPS) is 19.0. The molecular formula is C49H64ClF2N4O16P. The van der Waals surface area contributed by atoms with E-state index in [1.54, 1.807) is 12.0 Å². The molecule has 6 rings (SSSR count). The van der Waals surface area contributed by atoms with Gasteiger partial charge in [-0.05, 0) is 91.8 Å². The molecule has 1 saturated carbocycles. The van der Waals surface area contributed by atoms with Crippen LogP contribution in [0.5, 0.6) is 11.5 Å². The Hall–Kier alpha value is -5.83. The molecule has 3 fully saturated rings. The van der Waals surface area contributed by atoms with Crippen LogP contribution >= 0.6 is 19.5 Å². The molecule has 3 aliphatic rings. The molecule has 2 heterocycles. The summed E-state index contributed by atoms with van der Waals surface area (Å²) in [5, 5.41) is 18.6. The van der Waals surface area contributed by atoms with Gasteiger partial charge < -0.3 is 47.7 Å². The van der Waals surface area contributed by atoms with Gasteiger partial charge in [-0.2, -0.15) is 0 Å². The first-order chi connectivity index (χ1) is 35.1. The Balaban J connectivity index is 0.00000488. The first-order valence-electron chi connectivity index (χ1n) is 24.1. The number of hydrogen-bond acceptors (Lipinski definition) is 16. The zero-order valence-electron chi connectivity index (χ0n) is 41.6. The van der Waals surface area contributed by atoms with Crippen LogP contribution in [0.4, 0.5) is 18.4 Å². The van der Waals surface area contributed by atoms with E-state index in [1.165, 1.54) is 0 Å². The maximum atomic E-state index is 15.0. The van der Waals surface area contributed by atoms with E-state index in [9.17, 15) is 38.6 Å². The van der Waals surface area contributed by atoms with Crippen molar-refractivity contribution in [3.63, 3.8) is 0 Å². The van der Waals surface area contributed by atoms with Crippen LogP contribution in [0.15, 0.2) is 54.6 Å². The maximum absolute atomic E-state index is 15.0. The number of nitrogens with zero attached hydrogens (tertiary/aromatic N) is 4. The van der Waals surface area contributed by atoms with Crippen LogP contribution in [0.3, 0.4) is 0 Å². The number of ether oxygens (including phenoxy) is 7. The highest BCUT2D eigenvalue weighted by atomic mass is 35.5. The molecular weight excluding hydrogens is 1000 g/mol. The predicted molar refractivity (Wildman–Crippen MR) is 262 cm³/mol. The summed E-state index contributed by atoms with van der Waals surface area (Å²) in [5.74, 6) is -2.02. The second kappa shape index (κ2) is 28.6. The Bertz CT molecular complexity index is 2320. The Morgan fingerprint density at radius 3 is 2.05 bits per heavy atom. The summed E-state index contributed by atoms with van der Waals surface area (Å²) < 4.78 is 66.3. The van der Waals surface area contributed by atoms with Crippen LogP contribution in [-0.2, 0) is 57.5 Å². The molecule has 20 nitrogen and oxygen atoms in total. The quantitative estimate of drug-likeness (QED) is 0.0158. The fourth-order valence-electron chi connectivity index (χ4n) is 9.29. The summed E-state index contributed by atoms with van der Waals surface area (Å²) in [6, 6.07) is 14.5. The van der Waals surface area contributed by atoms with Gasteiger partial charge in [0, 0.05) is 24.0 Å². The number of amides is 2. The van der Waals surface area contributed by atoms with Gasteiger partial charge in [-0.3, -0.25) is 9.69 Å². The third kappa shape index (κ3) is 16.3. The van der Waals surface area contributed by atoms with Crippen LogP contribution in [-0.4, -0.2) is 141 Å². The van der Waals surface area contributed by atoms with Crippen molar-refractivity contribution in [3.05, 3.63) is 114 Å². The zero-order chi connectivity index (χ0) is 53.1. The first-order valence-corrected chi connectivity index (χ1v) is 26.3. The predicted octanol–water partition coefficient (Wildman–Crippen LogP) is 8.57. The Morgan fingerprint density at radius 2 is 1.44 bits per heavy atom. The smallest absolute Gasteiger partial charge is 0.496 e. The van der Waals surface area contributed by atoms with E-state index in [1.807, 2.05) is 75.1 Å². The van der Waals surface area contributed by atoms with Gasteiger partial charge in [0.05, 0.1) is 52.1 Å². The van der Waals surface area contributed by atoms with E-state index >= 15 is 4.79 Å². The van der Waals surface area contributed by atoms with Gasteiger partial charge in [0.1, 0.15) is 49.4 Å². The lowest BCUT2D eigenvalue weighted by Crippen LogP contribution is -2.76. The molecule has 5 atom stereocenters. The van der Waals surface area contributed by atoms with Gasteiger partial charge in [-0.1, -0.05) is 76.7 Å². The molecule has 402 valence electrons. The number of rotatable bonds is 29. The van der Waals surface area contributed by atoms with Gasteiger partial charge in [-0.25, -0.2) is 18.4 Å². The molecule has 24 heteroatoms. The standard InChI is InChI=1S/C47H58ClF2N4O16P.C2H6/c1-31-25-35(10-15-39(31)62-3)27-51(36-11-12-36)44(55)32(2)43-47(26-34-8-6-33(7-9-34)5-4-16-65-42-38(50)14-13-37(49)41(42)48)29-71(30-68-46(57)67-22-18-64-20-24-70-54(60)61)28-40(47)52(43)45(56)66-21-17-63-19-23-69-53(58)59;1-2/h6-10,13-15,25,32,36,40,43H,4-5,11-12,16-24,26-30H2,1-3H3;1-2H3. The zero-order valence-corrected chi connectivity index (χ0v) is 43.3. The molecule has 0 N–H and O–H groups in total. The van der Waals surface area contributed by atoms with E-state index in [2.05, 4.69) is 9.68 Å². The SMILES string of the molecule is CC.COc1ccc(CN(C(=O)C(C)C2N(C(=O)OCCOCCO[N+](=O)[O-])C3CP(COC(=O)OCCOCCO[N+](=O)[O-])CC32Cc2ccc(CCCOc3c(F)ccc(F)c3Cl)cc2)C2CC2)cc1C. The lowest BCUT2D eigenvalue weighted by Gasteiger charge is -2.62. The number of aryl methyl sites for hydroxylation is 2. The van der Waals surface area contributed by atoms with Gasteiger partial charge >= 0.3 is 12.2 Å². The second-order valence-corrected chi connectivity index (χ2v) is 20.0. The van der Waals surface area contributed by atoms with Crippen molar-refractivity contribution in [2.75, 3.05) is 85.2 Å². The lowest BCUT2D eigenvalue weighted by atomic mass is 9.59. The minimum Gasteiger partial charge on any atom is -0.496 e. The summed E-state index contributed by atoms with van der Waals surface area (Å²) >= 11 is 5.93. The van der Waals surface area contributed by atoms with E-state index in [4.69, 9.17) is 44.8 Å². The Kier molecular flexibility index (Phi) is 22.7. The first kappa shape index (κ1) is 58.1. The number of carbonyl (C=O) groups is 3. The molecule has 0 radical (unpaired) electrons. The third-order valence-electron chi connectivity index (χ3n) is 12.5. The molecule has 2 aliphatic heterocycles. The second-order valence-electron chi connectivity index (χ2n) is 17.3. The molecule has 0 aromatic heterocycles. The van der Waals surface area contributed by atoms with Crippen LogP contribution < -0.4 is 9.47 Å². The molecule has 2 saturated heterocycles. The fraction of sp³-hybridized carbons (Fsp3) is 0.571. The van der Waals surface area contributed by atoms with Gasteiger partial charge in [-0.15, -0.1) is 20.2 Å². The number of hydrogen-bond donors (Lipinski definition) is 0. The number of likely N-dealkylation sites (tertiary alicyclic amines) is 1. The monoisotopic (exact) mass is 1070 g/mol. The molecule has 0 spiro atoms. The van der Waals surface area contributed by atoms with Gasteiger partial charge in [0.15, 0.2) is 11.6 Å². The molecule has 73 heavy (non-hydrogen) atoms. The third-order valence-corrected chi connectivity index (χ3v) is 15.3. The summed E-state index contributed by atoms with van der Waals surface area (Å²) in [5.41, 5.74) is 3.05. The Morgan fingerprint density at radius 1 is 0.836 bits per heavy atom. The average molecular weight is 1070 g/mol. The highest BCUT2D eigenvalue weighted by Crippen LogP contribution is 2.65. The van der Waals surface area contributed by atoms with Crippen molar-refractivity contribution in [1.82, 2.24) is 9.80 Å². The largest absolute Gasteiger partial charge is 0.508 e. The minimum absolute atomic E-state index is 0.00128. The average Bonchev–Trinajstić information content (AvgIpc) is 4.17. The van der Waals surface area contributed by atoms with Crippen molar-refractivity contribution in [2.45, 2.75) is 84.5 Å². The summed E-state index contributed by atoms with van der Waals surface area (Å²) in [6.07, 6.45) is 2.50. The van der Waals surface area contributed by atoms with Crippen molar-refractivity contribution in [3.8, 4) is 11.5 Å². The van der Waals surface area contributed by atoms with Crippen molar-refractivity contribution in [1.29, 1.82) is 0 Å². The minimum atomic E-state index is -1.12. The van der Waals surface area contributed by atoms with E-state index in [0.29, 0.717) is 38.1 Å². The Labute approximate surface area is 428 Å². The van der Waals surface area contributed by atoms with E-state index < -0.39 is 70.4 Å². The number of halogens is 3. The van der Waals surface area contributed by atoms with Gasteiger partial charge in [0.25, 0.3) is 10.2 Å². The topological polar surface area (TPSA) is 227 Å². The highest BCUT2D eigenvalue weighted by Gasteiger charge is 2.69. The van der Waals surface area contributed by atoms with Crippen LogP contribution in [0.2, 0.25) is 5.02 Å². The van der Waals surface area contributed by atoms with Gasteiger partial charge in [0.2, 0.25) is 5.91 Å². The maximum Gasteiger partial charge on any atom is 0.508 e. The van der Waals surface area contributed by atoms with Crippen molar-refractivity contribution >= 4 is 37.7 Å². The fourth-order valence-corrected chi connectivity index (χ4v) is 12.5. The summed E-state index contributed by atoms with van der Waals surface area (Å²) in [7, 11) is 0.483. The van der Waals surface area contributed by atoms with Crippen molar-refractivity contribution < 1.29 is 76.2 Å². The molecule has 2 amide bonds. The number of fused-ring (bicyclic) bond motifs is 1. The van der Waals surface area contributed by atoms with Crippen LogP contribution in [0.1, 0.15) is 62.3 Å². The molecule has 1 aliphatic carbocycles. The summed E-state index contributed by atoms with van der Waals surface area (Å²) in [4.78, 5) is 75.0. The number of benzene rings is 3. The van der Waals surface area contributed by atoms with Crippen LogP contribution in [0.25, 0.3) is 0 Å². The molecule has 0 bridgehead atoms. The molecule has 3 aromatic carbocycles.